The molecule has 1 aromatic rings. The molecule has 1 aliphatic rings. The van der Waals surface area contributed by atoms with Crippen LogP contribution < -0.4 is 9.47 Å². The molecule has 0 spiro atoms. The van der Waals surface area contributed by atoms with Crippen LogP contribution in [0, 0.1) is 0 Å². The molecular formula is C12H14O5. The van der Waals surface area contributed by atoms with E-state index >= 15 is 0 Å². The molecule has 5 nitrogen and oxygen atoms in total. The summed E-state index contributed by atoms with van der Waals surface area (Å²) >= 11 is 0. The van der Waals surface area contributed by atoms with E-state index in [9.17, 15) is 4.79 Å². The largest absolute Gasteiger partial charge is 0.490 e. The first kappa shape index (κ1) is 11.7. The Morgan fingerprint density at radius 2 is 2.06 bits per heavy atom. The quantitative estimate of drug-likeness (QED) is 0.767. The molecule has 17 heavy (non-hydrogen) atoms. The monoisotopic (exact) mass is 238 g/mol. The number of rotatable bonds is 6. The van der Waals surface area contributed by atoms with Crippen molar-refractivity contribution >= 4 is 5.97 Å². The number of ether oxygens (including phenoxy) is 3. The minimum absolute atomic E-state index is 0.0753. The average Bonchev–Trinajstić information content (AvgIpc) is 3.10. The summed E-state index contributed by atoms with van der Waals surface area (Å²) in [6.45, 7) is 0.0753. The molecule has 92 valence electrons. The highest BCUT2D eigenvalue weighted by Gasteiger charge is 2.24. The number of hydrogen-bond acceptors (Lipinski definition) is 4. The summed E-state index contributed by atoms with van der Waals surface area (Å²) in [6, 6.07) is 4.62. The van der Waals surface area contributed by atoms with E-state index in [-0.39, 0.29) is 18.5 Å². The summed E-state index contributed by atoms with van der Waals surface area (Å²) in [4.78, 5) is 10.9. The summed E-state index contributed by atoms with van der Waals surface area (Å²) in [5, 5.41) is 8.97. The second kappa shape index (κ2) is 5.05. The Kier molecular flexibility index (Phi) is 3.49. The summed E-state index contributed by atoms with van der Waals surface area (Å²) in [5.41, 5.74) is 0.147. The molecule has 0 amide bonds. The Labute approximate surface area is 98.9 Å². The number of carbonyl (C=O) groups is 1. The second-order valence-corrected chi connectivity index (χ2v) is 3.87. The lowest BCUT2D eigenvalue weighted by molar-refractivity contribution is 0.0505. The number of aromatic carboxylic acids is 1. The van der Waals surface area contributed by atoms with Gasteiger partial charge in [0.25, 0.3) is 0 Å². The smallest absolute Gasteiger partial charge is 0.335 e. The molecule has 0 unspecified atom stereocenters. The molecule has 5 heteroatoms. The summed E-state index contributed by atoms with van der Waals surface area (Å²) < 4.78 is 15.5. The second-order valence-electron chi connectivity index (χ2n) is 3.87. The maximum absolute atomic E-state index is 10.9. The van der Waals surface area contributed by atoms with Crippen molar-refractivity contribution in [2.75, 3.05) is 13.9 Å². The Balaban J connectivity index is 2.17. The maximum Gasteiger partial charge on any atom is 0.335 e. The van der Waals surface area contributed by atoms with Gasteiger partial charge in [-0.3, -0.25) is 0 Å². The fourth-order valence-corrected chi connectivity index (χ4v) is 1.35. The van der Waals surface area contributed by atoms with E-state index in [0.717, 1.165) is 12.8 Å². The van der Waals surface area contributed by atoms with Crippen LogP contribution in [0.15, 0.2) is 18.2 Å². The lowest BCUT2D eigenvalue weighted by Gasteiger charge is -2.09. The SMILES string of the molecule is COCOc1cc(OC2CC2)cc(C(=O)O)c1. The fraction of sp³-hybridized carbons (Fsp3) is 0.417. The van der Waals surface area contributed by atoms with Crippen LogP contribution in [0.5, 0.6) is 11.5 Å². The Bertz CT molecular complexity index is 411. The van der Waals surface area contributed by atoms with Gasteiger partial charge in [-0.2, -0.15) is 0 Å². The normalized spacial score (nSPS) is 14.4. The number of carboxylic acids is 1. The summed E-state index contributed by atoms with van der Waals surface area (Å²) in [5.74, 6) is -0.0468. The van der Waals surface area contributed by atoms with Gasteiger partial charge >= 0.3 is 5.97 Å². The predicted octanol–water partition coefficient (Wildman–Crippen LogP) is 1.91. The molecule has 0 aromatic heterocycles. The van der Waals surface area contributed by atoms with Crippen LogP contribution >= 0.6 is 0 Å². The van der Waals surface area contributed by atoms with Crippen molar-refractivity contribution in [2.45, 2.75) is 18.9 Å². The highest BCUT2D eigenvalue weighted by Crippen LogP contribution is 2.30. The van der Waals surface area contributed by atoms with E-state index in [0.29, 0.717) is 11.5 Å². The van der Waals surface area contributed by atoms with Crippen molar-refractivity contribution in [3.05, 3.63) is 23.8 Å². The van der Waals surface area contributed by atoms with Crippen molar-refractivity contribution in [2.24, 2.45) is 0 Å². The molecule has 0 bridgehead atoms. The van der Waals surface area contributed by atoms with E-state index in [1.54, 1.807) is 6.07 Å². The zero-order valence-electron chi connectivity index (χ0n) is 9.51. The van der Waals surface area contributed by atoms with E-state index in [4.69, 9.17) is 19.3 Å². The van der Waals surface area contributed by atoms with Gasteiger partial charge < -0.3 is 19.3 Å². The standard InChI is InChI=1S/C12H14O5/c1-15-7-16-10-4-8(12(13)14)5-11(6-10)17-9-2-3-9/h4-6,9H,2-3,7H2,1H3,(H,13,14). The van der Waals surface area contributed by atoms with Crippen molar-refractivity contribution in [3.63, 3.8) is 0 Å². The Morgan fingerprint density at radius 3 is 2.65 bits per heavy atom. The molecule has 0 radical (unpaired) electrons. The van der Waals surface area contributed by atoms with Gasteiger partial charge in [0.05, 0.1) is 11.7 Å². The zero-order valence-corrected chi connectivity index (χ0v) is 9.51. The highest BCUT2D eigenvalue weighted by molar-refractivity contribution is 5.88. The molecule has 0 atom stereocenters. The van der Waals surface area contributed by atoms with Gasteiger partial charge in [0, 0.05) is 13.2 Å². The molecule has 1 aromatic carbocycles. The molecule has 1 N–H and O–H groups in total. The van der Waals surface area contributed by atoms with Gasteiger partial charge in [0.15, 0.2) is 6.79 Å². The molecule has 0 aliphatic heterocycles. The van der Waals surface area contributed by atoms with Gasteiger partial charge in [-0.05, 0) is 25.0 Å². The predicted molar refractivity (Wildman–Crippen MR) is 59.6 cm³/mol. The van der Waals surface area contributed by atoms with Gasteiger partial charge in [-0.25, -0.2) is 4.79 Å². The van der Waals surface area contributed by atoms with Crippen molar-refractivity contribution < 1.29 is 24.1 Å². The minimum Gasteiger partial charge on any atom is -0.490 e. The molecule has 0 heterocycles. The molecule has 1 saturated carbocycles. The van der Waals surface area contributed by atoms with Crippen LogP contribution in [-0.4, -0.2) is 31.1 Å². The summed E-state index contributed by atoms with van der Waals surface area (Å²) in [6.07, 6.45) is 2.26. The first-order valence-corrected chi connectivity index (χ1v) is 5.36. The van der Waals surface area contributed by atoms with Crippen molar-refractivity contribution in [3.8, 4) is 11.5 Å². The number of benzene rings is 1. The topological polar surface area (TPSA) is 65.0 Å². The van der Waals surface area contributed by atoms with Gasteiger partial charge in [-0.15, -0.1) is 0 Å². The van der Waals surface area contributed by atoms with Gasteiger partial charge in [0.2, 0.25) is 0 Å². The van der Waals surface area contributed by atoms with Crippen LogP contribution in [0.25, 0.3) is 0 Å². The van der Waals surface area contributed by atoms with Crippen LogP contribution in [0.3, 0.4) is 0 Å². The van der Waals surface area contributed by atoms with Crippen LogP contribution in [0.1, 0.15) is 23.2 Å². The van der Waals surface area contributed by atoms with E-state index in [2.05, 4.69) is 0 Å². The van der Waals surface area contributed by atoms with E-state index in [1.165, 1.54) is 19.2 Å². The zero-order chi connectivity index (χ0) is 12.3. The Hall–Kier alpha value is -1.75. The van der Waals surface area contributed by atoms with E-state index in [1.807, 2.05) is 0 Å². The number of carboxylic acid groups (broad SMARTS) is 1. The van der Waals surface area contributed by atoms with Crippen LogP contribution in [-0.2, 0) is 4.74 Å². The molecule has 1 fully saturated rings. The minimum atomic E-state index is -1.01. The first-order chi connectivity index (χ1) is 8.19. The third-order valence-corrected chi connectivity index (χ3v) is 2.30. The van der Waals surface area contributed by atoms with Gasteiger partial charge in [0.1, 0.15) is 11.5 Å². The number of methoxy groups -OCH3 is 1. The maximum atomic E-state index is 10.9. The Morgan fingerprint density at radius 1 is 1.35 bits per heavy atom. The molecule has 1 aliphatic carbocycles. The average molecular weight is 238 g/mol. The summed E-state index contributed by atoms with van der Waals surface area (Å²) in [7, 11) is 1.50. The lowest BCUT2D eigenvalue weighted by Crippen LogP contribution is -2.04. The van der Waals surface area contributed by atoms with Gasteiger partial charge in [-0.1, -0.05) is 0 Å². The van der Waals surface area contributed by atoms with E-state index < -0.39 is 5.97 Å². The highest BCUT2D eigenvalue weighted by atomic mass is 16.7. The third-order valence-electron chi connectivity index (χ3n) is 2.30. The van der Waals surface area contributed by atoms with Crippen molar-refractivity contribution in [1.29, 1.82) is 0 Å². The molecule has 0 saturated heterocycles. The first-order valence-electron chi connectivity index (χ1n) is 5.36. The number of hydrogen-bond donors (Lipinski definition) is 1. The molecule has 2 rings (SSSR count). The lowest BCUT2D eigenvalue weighted by atomic mass is 10.2. The molecular weight excluding hydrogens is 224 g/mol. The van der Waals surface area contributed by atoms with Crippen LogP contribution in [0.2, 0.25) is 0 Å². The fourth-order valence-electron chi connectivity index (χ4n) is 1.35. The van der Waals surface area contributed by atoms with Crippen molar-refractivity contribution in [1.82, 2.24) is 0 Å². The third kappa shape index (κ3) is 3.35. The van der Waals surface area contributed by atoms with Crippen LogP contribution in [0.4, 0.5) is 0 Å².